The Hall–Kier alpha value is -1.67. The van der Waals surface area contributed by atoms with E-state index >= 15 is 0 Å². The Morgan fingerprint density at radius 2 is 1.81 bits per heavy atom. The van der Waals surface area contributed by atoms with Crippen LogP contribution in [0, 0.1) is 5.92 Å². The van der Waals surface area contributed by atoms with Gasteiger partial charge in [0.25, 0.3) is 0 Å². The van der Waals surface area contributed by atoms with Crippen LogP contribution in [0.25, 0.3) is 0 Å². The number of rotatable bonds is 6. The van der Waals surface area contributed by atoms with Gasteiger partial charge in [-0.05, 0) is 25.2 Å². The van der Waals surface area contributed by atoms with Gasteiger partial charge in [0.05, 0.1) is 6.10 Å². The van der Waals surface area contributed by atoms with E-state index in [1.54, 1.807) is 0 Å². The lowest BCUT2D eigenvalue weighted by Gasteiger charge is -2.27. The van der Waals surface area contributed by atoms with Crippen molar-refractivity contribution in [3.05, 3.63) is 0 Å². The maximum atomic E-state index is 9.85. The van der Waals surface area contributed by atoms with Gasteiger partial charge in [-0.1, -0.05) is 13.8 Å². The number of nitrogens with one attached hydrogen (secondary N) is 2. The number of anilines is 3. The van der Waals surface area contributed by atoms with Crippen molar-refractivity contribution < 1.29 is 5.11 Å². The molecule has 1 fully saturated rings. The topological polar surface area (TPSA) is 112 Å². The van der Waals surface area contributed by atoms with Gasteiger partial charge in [-0.2, -0.15) is 15.0 Å². The van der Waals surface area contributed by atoms with E-state index in [4.69, 9.17) is 5.84 Å². The lowest BCUT2D eigenvalue weighted by molar-refractivity contribution is 0.137. The number of hydrazine groups is 1. The highest BCUT2D eigenvalue weighted by Crippen LogP contribution is 2.18. The molecule has 1 saturated heterocycles. The summed E-state index contributed by atoms with van der Waals surface area (Å²) in [5, 5.41) is 12.9. The summed E-state index contributed by atoms with van der Waals surface area (Å²) in [7, 11) is 0. The number of piperidine rings is 1. The highest BCUT2D eigenvalue weighted by atomic mass is 16.3. The second kappa shape index (κ2) is 7.37. The molecule has 5 N–H and O–H groups in total. The third-order valence-corrected chi connectivity index (χ3v) is 3.63. The molecule has 1 aliphatic heterocycles. The molecule has 0 aromatic carbocycles. The Morgan fingerprint density at radius 1 is 1.14 bits per heavy atom. The Bertz CT molecular complexity index is 448. The highest BCUT2D eigenvalue weighted by Gasteiger charge is 2.16. The van der Waals surface area contributed by atoms with Crippen LogP contribution in [0.3, 0.4) is 0 Å². The maximum absolute atomic E-state index is 9.85. The Kier molecular flexibility index (Phi) is 5.51. The molecule has 0 radical (unpaired) electrons. The van der Waals surface area contributed by atoms with Crippen LogP contribution in [0.1, 0.15) is 33.1 Å². The van der Waals surface area contributed by atoms with E-state index in [1.807, 2.05) is 13.8 Å². The molecule has 1 atom stereocenters. The molecule has 1 aromatic heterocycles. The molecule has 0 spiro atoms. The van der Waals surface area contributed by atoms with Crippen molar-refractivity contribution in [1.29, 1.82) is 0 Å². The predicted octanol–water partition coefficient (Wildman–Crippen LogP) is 0.576. The lowest BCUT2D eigenvalue weighted by Crippen LogP contribution is -2.32. The van der Waals surface area contributed by atoms with E-state index in [0.29, 0.717) is 24.4 Å². The fourth-order valence-corrected chi connectivity index (χ4v) is 2.18. The molecule has 8 nitrogen and oxygen atoms in total. The van der Waals surface area contributed by atoms with Crippen LogP contribution in [0.4, 0.5) is 17.8 Å². The normalized spacial score (nSPS) is 16.9. The molecule has 1 unspecified atom stereocenters. The zero-order valence-electron chi connectivity index (χ0n) is 12.7. The predicted molar refractivity (Wildman–Crippen MR) is 83.0 cm³/mol. The number of aliphatic hydroxyl groups excluding tert-OH is 1. The number of hydrogen-bond acceptors (Lipinski definition) is 8. The zero-order valence-corrected chi connectivity index (χ0v) is 12.7. The van der Waals surface area contributed by atoms with Crippen molar-refractivity contribution in [3.8, 4) is 0 Å². The third kappa shape index (κ3) is 4.40. The van der Waals surface area contributed by atoms with Crippen LogP contribution >= 0.6 is 0 Å². The van der Waals surface area contributed by atoms with Crippen molar-refractivity contribution in [2.75, 3.05) is 35.3 Å². The largest absolute Gasteiger partial charge is 0.391 e. The molecule has 0 saturated carbocycles. The van der Waals surface area contributed by atoms with Gasteiger partial charge in [-0.25, -0.2) is 5.84 Å². The highest BCUT2D eigenvalue weighted by molar-refractivity contribution is 5.43. The van der Waals surface area contributed by atoms with Crippen LogP contribution in [-0.2, 0) is 0 Å². The molecule has 2 rings (SSSR count). The lowest BCUT2D eigenvalue weighted by atomic mass is 10.1. The smallest absolute Gasteiger partial charge is 0.243 e. The van der Waals surface area contributed by atoms with Gasteiger partial charge in [0, 0.05) is 19.6 Å². The van der Waals surface area contributed by atoms with Crippen molar-refractivity contribution in [2.45, 2.75) is 39.2 Å². The summed E-state index contributed by atoms with van der Waals surface area (Å²) in [6.07, 6.45) is 3.09. The molecule has 2 heterocycles. The fourth-order valence-electron chi connectivity index (χ4n) is 2.18. The first-order chi connectivity index (χ1) is 10.1. The summed E-state index contributed by atoms with van der Waals surface area (Å²) in [6, 6.07) is 0. The van der Waals surface area contributed by atoms with Crippen LogP contribution in [0.15, 0.2) is 0 Å². The molecule has 0 bridgehead atoms. The molecule has 21 heavy (non-hydrogen) atoms. The number of nitrogens with zero attached hydrogens (tertiary/aromatic N) is 4. The van der Waals surface area contributed by atoms with Gasteiger partial charge in [-0.15, -0.1) is 0 Å². The number of nitrogen functional groups attached to an aromatic ring is 1. The first kappa shape index (κ1) is 15.7. The van der Waals surface area contributed by atoms with Crippen molar-refractivity contribution in [1.82, 2.24) is 15.0 Å². The molecule has 1 aliphatic rings. The SMILES string of the molecule is CC(C)C(O)CNc1nc(NN)nc(N2CCCCC2)n1. The van der Waals surface area contributed by atoms with Gasteiger partial charge < -0.3 is 15.3 Å². The van der Waals surface area contributed by atoms with Gasteiger partial charge in [-0.3, -0.25) is 5.43 Å². The standard InChI is InChI=1S/C13H25N7O/c1-9(2)10(21)8-15-11-16-12(19-14)18-13(17-11)20-6-4-3-5-7-20/h9-10,21H,3-8,14H2,1-2H3,(H2,15,16,17,18,19). The number of aromatic nitrogens is 3. The number of hydrogen-bond donors (Lipinski definition) is 4. The minimum Gasteiger partial charge on any atom is -0.391 e. The van der Waals surface area contributed by atoms with Gasteiger partial charge in [0.2, 0.25) is 17.8 Å². The fraction of sp³-hybridized carbons (Fsp3) is 0.769. The zero-order chi connectivity index (χ0) is 15.2. The summed E-state index contributed by atoms with van der Waals surface area (Å²) in [5.74, 6) is 6.98. The first-order valence-corrected chi connectivity index (χ1v) is 7.49. The molecule has 0 aliphatic carbocycles. The van der Waals surface area contributed by atoms with Gasteiger partial charge in [0.1, 0.15) is 0 Å². The summed E-state index contributed by atoms with van der Waals surface area (Å²) < 4.78 is 0. The molecule has 0 amide bonds. The van der Waals surface area contributed by atoms with Crippen LogP contribution in [0.2, 0.25) is 0 Å². The number of nitrogens with two attached hydrogens (primary N) is 1. The van der Waals surface area contributed by atoms with E-state index in [-0.39, 0.29) is 5.92 Å². The minimum absolute atomic E-state index is 0.174. The van der Waals surface area contributed by atoms with Gasteiger partial charge >= 0.3 is 0 Å². The van der Waals surface area contributed by atoms with Crippen LogP contribution < -0.4 is 21.5 Å². The monoisotopic (exact) mass is 295 g/mol. The minimum atomic E-state index is -0.450. The van der Waals surface area contributed by atoms with Crippen molar-refractivity contribution in [3.63, 3.8) is 0 Å². The first-order valence-electron chi connectivity index (χ1n) is 7.49. The second-order valence-corrected chi connectivity index (χ2v) is 5.67. The maximum Gasteiger partial charge on any atom is 0.243 e. The average molecular weight is 295 g/mol. The molecule has 1 aromatic rings. The molecule has 118 valence electrons. The third-order valence-electron chi connectivity index (χ3n) is 3.63. The van der Waals surface area contributed by atoms with Crippen LogP contribution in [-0.4, -0.2) is 45.8 Å². The Labute approximate surface area is 125 Å². The van der Waals surface area contributed by atoms with E-state index in [2.05, 4.69) is 30.6 Å². The van der Waals surface area contributed by atoms with E-state index < -0.39 is 6.10 Å². The molecular weight excluding hydrogens is 270 g/mol. The summed E-state index contributed by atoms with van der Waals surface area (Å²) in [5.41, 5.74) is 2.47. The van der Waals surface area contributed by atoms with Crippen molar-refractivity contribution in [2.24, 2.45) is 11.8 Å². The quantitative estimate of drug-likeness (QED) is 0.445. The summed E-state index contributed by atoms with van der Waals surface area (Å²) in [6.45, 7) is 6.22. The summed E-state index contributed by atoms with van der Waals surface area (Å²) in [4.78, 5) is 15.0. The van der Waals surface area contributed by atoms with Gasteiger partial charge in [0.15, 0.2) is 0 Å². The van der Waals surface area contributed by atoms with E-state index in [1.165, 1.54) is 6.42 Å². The second-order valence-electron chi connectivity index (χ2n) is 5.67. The van der Waals surface area contributed by atoms with Crippen LogP contribution in [0.5, 0.6) is 0 Å². The molecule has 8 heteroatoms. The van der Waals surface area contributed by atoms with E-state index in [0.717, 1.165) is 25.9 Å². The average Bonchev–Trinajstić information content (AvgIpc) is 2.52. The van der Waals surface area contributed by atoms with E-state index in [9.17, 15) is 5.11 Å². The Balaban J connectivity index is 2.09. The number of aliphatic hydroxyl groups is 1. The Morgan fingerprint density at radius 3 is 2.43 bits per heavy atom. The van der Waals surface area contributed by atoms with Crippen molar-refractivity contribution >= 4 is 17.8 Å². The summed E-state index contributed by atoms with van der Waals surface area (Å²) >= 11 is 0. The molecular formula is C13H25N7O.